The number of halogens is 1. The molecule has 0 aromatic heterocycles. The Morgan fingerprint density at radius 1 is 1.06 bits per heavy atom. The molecule has 3 nitrogen and oxygen atoms in total. The first kappa shape index (κ1) is 12.6. The average Bonchev–Trinajstić information content (AvgIpc) is 2.41. The van der Waals surface area contributed by atoms with Gasteiger partial charge in [0, 0.05) is 17.2 Å². The summed E-state index contributed by atoms with van der Waals surface area (Å²) in [7, 11) is 1.62. The maximum Gasteiger partial charge on any atom is 0.253 e. The van der Waals surface area contributed by atoms with E-state index >= 15 is 0 Å². The van der Waals surface area contributed by atoms with Gasteiger partial charge in [0.05, 0.1) is 11.3 Å². The van der Waals surface area contributed by atoms with Gasteiger partial charge in [-0.3, -0.25) is 4.79 Å². The molecule has 0 saturated carbocycles. The number of nitrogens with one attached hydrogen (secondary N) is 2. The van der Waals surface area contributed by atoms with Gasteiger partial charge in [-0.1, -0.05) is 28.1 Å². The third-order valence-electron chi connectivity index (χ3n) is 2.52. The Kier molecular flexibility index (Phi) is 3.99. The number of amides is 1. The molecule has 2 aromatic rings. The highest BCUT2D eigenvalue weighted by Gasteiger charge is 2.08. The van der Waals surface area contributed by atoms with Crippen molar-refractivity contribution < 1.29 is 4.79 Å². The van der Waals surface area contributed by atoms with Crippen LogP contribution in [0.5, 0.6) is 0 Å². The SMILES string of the molecule is CNC(=O)c1ccccc1Nc1ccc(Br)cc1. The summed E-state index contributed by atoms with van der Waals surface area (Å²) in [5.41, 5.74) is 2.36. The van der Waals surface area contributed by atoms with E-state index in [0.29, 0.717) is 5.56 Å². The molecule has 0 heterocycles. The van der Waals surface area contributed by atoms with Gasteiger partial charge in [0.15, 0.2) is 0 Å². The Balaban J connectivity index is 2.28. The zero-order valence-electron chi connectivity index (χ0n) is 9.91. The number of carbonyl (C=O) groups is 1. The summed E-state index contributed by atoms with van der Waals surface area (Å²) < 4.78 is 1.02. The molecule has 2 aromatic carbocycles. The van der Waals surface area contributed by atoms with E-state index in [-0.39, 0.29) is 5.91 Å². The molecule has 4 heteroatoms. The Labute approximate surface area is 114 Å². The fourth-order valence-electron chi connectivity index (χ4n) is 1.61. The van der Waals surface area contributed by atoms with E-state index < -0.39 is 0 Å². The molecule has 1 amide bonds. The summed E-state index contributed by atoms with van der Waals surface area (Å²) in [6.45, 7) is 0. The van der Waals surface area contributed by atoms with Crippen molar-refractivity contribution in [1.82, 2.24) is 5.32 Å². The Hall–Kier alpha value is -1.81. The van der Waals surface area contributed by atoms with E-state index in [4.69, 9.17) is 0 Å². The van der Waals surface area contributed by atoms with Crippen molar-refractivity contribution in [2.45, 2.75) is 0 Å². The van der Waals surface area contributed by atoms with Gasteiger partial charge < -0.3 is 10.6 Å². The van der Waals surface area contributed by atoms with Crippen LogP contribution in [-0.2, 0) is 0 Å². The van der Waals surface area contributed by atoms with Gasteiger partial charge in [-0.2, -0.15) is 0 Å². The van der Waals surface area contributed by atoms with Gasteiger partial charge in [-0.25, -0.2) is 0 Å². The first-order valence-electron chi connectivity index (χ1n) is 5.54. The van der Waals surface area contributed by atoms with Crippen molar-refractivity contribution >= 4 is 33.2 Å². The van der Waals surface area contributed by atoms with E-state index in [9.17, 15) is 4.79 Å². The second kappa shape index (κ2) is 5.69. The van der Waals surface area contributed by atoms with Crippen LogP contribution in [0.2, 0.25) is 0 Å². The lowest BCUT2D eigenvalue weighted by atomic mass is 10.1. The quantitative estimate of drug-likeness (QED) is 0.910. The van der Waals surface area contributed by atoms with Crippen LogP contribution < -0.4 is 10.6 Å². The molecule has 92 valence electrons. The lowest BCUT2D eigenvalue weighted by Gasteiger charge is -2.11. The largest absolute Gasteiger partial charge is 0.355 e. The number of anilines is 2. The van der Waals surface area contributed by atoms with Crippen LogP contribution in [0, 0.1) is 0 Å². The van der Waals surface area contributed by atoms with Crippen LogP contribution >= 0.6 is 15.9 Å². The molecule has 0 atom stereocenters. The second-order valence-electron chi connectivity index (χ2n) is 3.76. The minimum Gasteiger partial charge on any atom is -0.355 e. The highest BCUT2D eigenvalue weighted by atomic mass is 79.9. The summed E-state index contributed by atoms with van der Waals surface area (Å²) in [4.78, 5) is 11.7. The molecule has 0 bridgehead atoms. The van der Waals surface area contributed by atoms with Crippen molar-refractivity contribution in [1.29, 1.82) is 0 Å². The third kappa shape index (κ3) is 2.90. The number of hydrogen-bond acceptors (Lipinski definition) is 2. The minimum absolute atomic E-state index is 0.102. The molecular formula is C14H13BrN2O. The van der Waals surface area contributed by atoms with Gasteiger partial charge in [-0.15, -0.1) is 0 Å². The standard InChI is InChI=1S/C14H13BrN2O/c1-16-14(18)12-4-2-3-5-13(12)17-11-8-6-10(15)7-9-11/h2-9,17H,1H3,(H,16,18). The summed E-state index contributed by atoms with van der Waals surface area (Å²) in [5, 5.41) is 5.86. The van der Waals surface area contributed by atoms with Crippen LogP contribution in [0.25, 0.3) is 0 Å². The molecule has 0 spiro atoms. The monoisotopic (exact) mass is 304 g/mol. The highest BCUT2D eigenvalue weighted by molar-refractivity contribution is 9.10. The first-order valence-corrected chi connectivity index (χ1v) is 6.33. The summed E-state index contributed by atoms with van der Waals surface area (Å²) >= 11 is 3.39. The van der Waals surface area contributed by atoms with Gasteiger partial charge in [0.2, 0.25) is 0 Å². The molecule has 0 saturated heterocycles. The zero-order valence-corrected chi connectivity index (χ0v) is 11.5. The number of para-hydroxylation sites is 1. The lowest BCUT2D eigenvalue weighted by molar-refractivity contribution is 0.0964. The smallest absolute Gasteiger partial charge is 0.253 e. The number of carbonyl (C=O) groups excluding carboxylic acids is 1. The predicted molar refractivity (Wildman–Crippen MR) is 77.3 cm³/mol. The summed E-state index contributed by atoms with van der Waals surface area (Å²) in [5.74, 6) is -0.102. The molecule has 0 aliphatic rings. The summed E-state index contributed by atoms with van der Waals surface area (Å²) in [6.07, 6.45) is 0. The molecular weight excluding hydrogens is 292 g/mol. The van der Waals surface area contributed by atoms with Crippen LogP contribution in [0.15, 0.2) is 53.0 Å². The fraction of sp³-hybridized carbons (Fsp3) is 0.0714. The number of hydrogen-bond donors (Lipinski definition) is 2. The maximum absolute atomic E-state index is 11.7. The van der Waals surface area contributed by atoms with E-state index in [1.165, 1.54) is 0 Å². The van der Waals surface area contributed by atoms with Gasteiger partial charge in [0.25, 0.3) is 5.91 Å². The zero-order chi connectivity index (χ0) is 13.0. The molecule has 2 rings (SSSR count). The topological polar surface area (TPSA) is 41.1 Å². The Bertz CT molecular complexity index is 552. The maximum atomic E-state index is 11.7. The van der Waals surface area contributed by atoms with Crippen LogP contribution in [0.1, 0.15) is 10.4 Å². The fourth-order valence-corrected chi connectivity index (χ4v) is 1.88. The lowest BCUT2D eigenvalue weighted by Crippen LogP contribution is -2.19. The average molecular weight is 305 g/mol. The van der Waals surface area contributed by atoms with E-state index in [0.717, 1.165) is 15.8 Å². The van der Waals surface area contributed by atoms with E-state index in [1.54, 1.807) is 13.1 Å². The van der Waals surface area contributed by atoms with Gasteiger partial charge in [0.1, 0.15) is 0 Å². The van der Waals surface area contributed by atoms with E-state index in [1.807, 2.05) is 42.5 Å². The number of rotatable bonds is 3. The van der Waals surface area contributed by atoms with E-state index in [2.05, 4.69) is 26.6 Å². The molecule has 18 heavy (non-hydrogen) atoms. The van der Waals surface area contributed by atoms with Crippen molar-refractivity contribution in [2.24, 2.45) is 0 Å². The molecule has 0 fully saturated rings. The molecule has 2 N–H and O–H groups in total. The third-order valence-corrected chi connectivity index (χ3v) is 3.05. The van der Waals surface area contributed by atoms with Crippen LogP contribution in [0.3, 0.4) is 0 Å². The van der Waals surface area contributed by atoms with Crippen molar-refractivity contribution in [3.8, 4) is 0 Å². The molecule has 0 aliphatic carbocycles. The number of benzene rings is 2. The Morgan fingerprint density at radius 3 is 2.39 bits per heavy atom. The normalized spacial score (nSPS) is 9.89. The van der Waals surface area contributed by atoms with Crippen molar-refractivity contribution in [3.05, 3.63) is 58.6 Å². The van der Waals surface area contributed by atoms with Gasteiger partial charge in [-0.05, 0) is 36.4 Å². The highest BCUT2D eigenvalue weighted by Crippen LogP contribution is 2.22. The molecule has 0 radical (unpaired) electrons. The van der Waals surface area contributed by atoms with Crippen LogP contribution in [-0.4, -0.2) is 13.0 Å². The molecule has 0 aliphatic heterocycles. The summed E-state index contributed by atoms with van der Waals surface area (Å²) in [6, 6.07) is 15.2. The minimum atomic E-state index is -0.102. The van der Waals surface area contributed by atoms with Crippen molar-refractivity contribution in [3.63, 3.8) is 0 Å². The second-order valence-corrected chi connectivity index (χ2v) is 4.67. The molecule has 0 unspecified atom stereocenters. The van der Waals surface area contributed by atoms with Crippen LogP contribution in [0.4, 0.5) is 11.4 Å². The predicted octanol–water partition coefficient (Wildman–Crippen LogP) is 3.55. The van der Waals surface area contributed by atoms with Crippen molar-refractivity contribution in [2.75, 3.05) is 12.4 Å². The Morgan fingerprint density at radius 2 is 1.72 bits per heavy atom. The van der Waals surface area contributed by atoms with Gasteiger partial charge >= 0.3 is 0 Å². The first-order chi connectivity index (χ1) is 8.70.